The monoisotopic (exact) mass is 505 g/mol. The van der Waals surface area contributed by atoms with Crippen LogP contribution in [0, 0.1) is 13.8 Å². The molecule has 0 radical (unpaired) electrons. The number of aryl methyl sites for hydroxylation is 2. The normalized spacial score (nSPS) is 13.6. The van der Waals surface area contributed by atoms with Crippen LogP contribution in [0.15, 0.2) is 77.7 Å². The number of likely N-dealkylation sites (tertiary alicyclic amines) is 1. The zero-order valence-corrected chi connectivity index (χ0v) is 21.4. The minimum Gasteiger partial charge on any atom is -0.350 e. The molecule has 1 saturated heterocycles. The molecule has 1 aliphatic rings. The molecule has 188 valence electrons. The number of hydrogen-bond donors (Lipinski definition) is 1. The molecule has 36 heavy (non-hydrogen) atoms. The number of carbonyl (C=O) groups is 2. The second-order valence-electron chi connectivity index (χ2n) is 9.18. The van der Waals surface area contributed by atoms with E-state index < -0.39 is 15.9 Å². The lowest BCUT2D eigenvalue weighted by atomic mass is 10.1. The van der Waals surface area contributed by atoms with E-state index in [9.17, 15) is 18.0 Å². The second-order valence-corrected chi connectivity index (χ2v) is 11.0. The van der Waals surface area contributed by atoms with Gasteiger partial charge in [-0.15, -0.1) is 0 Å². The van der Waals surface area contributed by atoms with Crippen LogP contribution >= 0.6 is 0 Å². The molecule has 1 N–H and O–H groups in total. The summed E-state index contributed by atoms with van der Waals surface area (Å²) in [5.74, 6) is -0.243. The highest BCUT2D eigenvalue weighted by Crippen LogP contribution is 2.25. The first-order valence-electron chi connectivity index (χ1n) is 12.0. The second kappa shape index (κ2) is 11.0. The fourth-order valence-electron chi connectivity index (χ4n) is 4.25. The van der Waals surface area contributed by atoms with Crippen LogP contribution in [0.2, 0.25) is 0 Å². The van der Waals surface area contributed by atoms with Gasteiger partial charge in [-0.1, -0.05) is 54.1 Å². The van der Waals surface area contributed by atoms with Crippen LogP contribution in [0.1, 0.15) is 35.1 Å². The summed E-state index contributed by atoms with van der Waals surface area (Å²) in [6.45, 7) is 5.00. The van der Waals surface area contributed by atoms with Gasteiger partial charge in [0.2, 0.25) is 11.8 Å². The van der Waals surface area contributed by atoms with Gasteiger partial charge in [0.25, 0.3) is 10.0 Å². The van der Waals surface area contributed by atoms with E-state index in [1.165, 1.54) is 0 Å². The van der Waals surface area contributed by atoms with E-state index >= 15 is 0 Å². The number of sulfonamides is 1. The molecule has 8 heteroatoms. The predicted octanol–water partition coefficient (Wildman–Crippen LogP) is 3.94. The summed E-state index contributed by atoms with van der Waals surface area (Å²) in [7, 11) is -3.96. The van der Waals surface area contributed by atoms with E-state index in [1.54, 1.807) is 42.5 Å². The first-order chi connectivity index (χ1) is 17.2. The molecule has 0 spiro atoms. The van der Waals surface area contributed by atoms with Gasteiger partial charge in [-0.25, -0.2) is 8.42 Å². The zero-order valence-electron chi connectivity index (χ0n) is 20.6. The Kier molecular flexibility index (Phi) is 7.74. The number of amides is 2. The number of benzene rings is 3. The molecule has 1 fully saturated rings. The Morgan fingerprint density at radius 1 is 0.944 bits per heavy atom. The van der Waals surface area contributed by atoms with Crippen molar-refractivity contribution in [3.63, 3.8) is 0 Å². The van der Waals surface area contributed by atoms with E-state index in [4.69, 9.17) is 0 Å². The number of rotatable bonds is 9. The van der Waals surface area contributed by atoms with Gasteiger partial charge in [0.05, 0.1) is 10.6 Å². The molecule has 3 aromatic carbocycles. The van der Waals surface area contributed by atoms with E-state index in [1.807, 2.05) is 49.1 Å². The van der Waals surface area contributed by atoms with Gasteiger partial charge in [0.15, 0.2) is 0 Å². The van der Waals surface area contributed by atoms with E-state index in [0.29, 0.717) is 18.7 Å². The topological polar surface area (TPSA) is 86.8 Å². The molecule has 1 heterocycles. The summed E-state index contributed by atoms with van der Waals surface area (Å²) < 4.78 is 28.2. The van der Waals surface area contributed by atoms with Crippen molar-refractivity contribution >= 4 is 27.5 Å². The lowest BCUT2D eigenvalue weighted by molar-refractivity contribution is -0.128. The highest BCUT2D eigenvalue weighted by molar-refractivity contribution is 7.92. The van der Waals surface area contributed by atoms with Crippen molar-refractivity contribution in [2.75, 3.05) is 17.4 Å². The van der Waals surface area contributed by atoms with Gasteiger partial charge in [0, 0.05) is 26.1 Å². The van der Waals surface area contributed by atoms with Gasteiger partial charge in [-0.05, 0) is 61.2 Å². The van der Waals surface area contributed by atoms with Gasteiger partial charge in [-0.2, -0.15) is 0 Å². The minimum atomic E-state index is -3.96. The maximum Gasteiger partial charge on any atom is 0.264 e. The largest absolute Gasteiger partial charge is 0.350 e. The van der Waals surface area contributed by atoms with Crippen molar-refractivity contribution in [3.05, 3.63) is 95.1 Å². The molecule has 3 aromatic rings. The molecule has 7 nitrogen and oxygen atoms in total. The maximum absolute atomic E-state index is 13.5. The minimum absolute atomic E-state index is 0.131. The Morgan fingerprint density at radius 3 is 2.36 bits per heavy atom. The van der Waals surface area contributed by atoms with Crippen LogP contribution in [0.3, 0.4) is 0 Å². The highest BCUT2D eigenvalue weighted by atomic mass is 32.2. The van der Waals surface area contributed by atoms with Crippen LogP contribution in [0.4, 0.5) is 5.69 Å². The third kappa shape index (κ3) is 6.12. The molecule has 2 amide bonds. The highest BCUT2D eigenvalue weighted by Gasteiger charge is 2.27. The Balaban J connectivity index is 1.48. The molecule has 0 unspecified atom stereocenters. The van der Waals surface area contributed by atoms with Crippen molar-refractivity contribution in [1.82, 2.24) is 10.2 Å². The lowest BCUT2D eigenvalue weighted by Gasteiger charge is -2.24. The number of anilines is 1. The standard InChI is InChI=1S/C28H31N3O4S/c1-21-11-13-26(14-12-21)36(34,35)31(25-9-3-6-22(2)16-25)20-27(32)29-18-23-7-4-8-24(17-23)19-30-15-5-10-28(30)33/h3-4,6-9,11-14,16-17H,5,10,15,18-20H2,1-2H3,(H,29,32). The summed E-state index contributed by atoms with van der Waals surface area (Å²) in [6.07, 6.45) is 1.48. The summed E-state index contributed by atoms with van der Waals surface area (Å²) in [6, 6.07) is 21.4. The predicted molar refractivity (Wildman–Crippen MR) is 140 cm³/mol. The Hall–Kier alpha value is -3.65. The number of hydrogen-bond acceptors (Lipinski definition) is 4. The van der Waals surface area contributed by atoms with E-state index in [0.717, 1.165) is 39.5 Å². The summed E-state index contributed by atoms with van der Waals surface area (Å²) in [5, 5.41) is 2.85. The summed E-state index contributed by atoms with van der Waals surface area (Å²) >= 11 is 0. The Labute approximate surface area is 212 Å². The van der Waals surface area contributed by atoms with Crippen molar-refractivity contribution in [2.45, 2.75) is 44.7 Å². The smallest absolute Gasteiger partial charge is 0.264 e. The fraction of sp³-hybridized carbons (Fsp3) is 0.286. The lowest BCUT2D eigenvalue weighted by Crippen LogP contribution is -2.40. The molecule has 0 bridgehead atoms. The zero-order chi connectivity index (χ0) is 25.7. The van der Waals surface area contributed by atoms with Crippen LogP contribution in [-0.2, 0) is 32.7 Å². The first-order valence-corrected chi connectivity index (χ1v) is 13.4. The van der Waals surface area contributed by atoms with Gasteiger partial charge in [-0.3, -0.25) is 13.9 Å². The molecule has 0 saturated carbocycles. The summed E-state index contributed by atoms with van der Waals surface area (Å²) in [5.41, 5.74) is 4.16. The van der Waals surface area contributed by atoms with Crippen molar-refractivity contribution in [1.29, 1.82) is 0 Å². The molecule has 1 aliphatic heterocycles. The van der Waals surface area contributed by atoms with Crippen LogP contribution in [-0.4, -0.2) is 38.2 Å². The van der Waals surface area contributed by atoms with E-state index in [-0.39, 0.29) is 23.9 Å². The van der Waals surface area contributed by atoms with Crippen molar-refractivity contribution in [3.8, 4) is 0 Å². The van der Waals surface area contributed by atoms with Gasteiger partial charge in [0.1, 0.15) is 6.54 Å². The SMILES string of the molecule is Cc1ccc(S(=O)(=O)N(CC(=O)NCc2cccc(CN3CCCC3=O)c2)c2cccc(C)c2)cc1. The summed E-state index contributed by atoms with van der Waals surface area (Å²) in [4.78, 5) is 26.9. The molecule has 0 atom stereocenters. The molecular weight excluding hydrogens is 474 g/mol. The molecule has 0 aromatic heterocycles. The van der Waals surface area contributed by atoms with Crippen molar-refractivity contribution < 1.29 is 18.0 Å². The maximum atomic E-state index is 13.5. The van der Waals surface area contributed by atoms with Crippen LogP contribution in [0.5, 0.6) is 0 Å². The molecule has 4 rings (SSSR count). The van der Waals surface area contributed by atoms with Gasteiger partial charge >= 0.3 is 0 Å². The third-order valence-corrected chi connectivity index (χ3v) is 8.00. The Bertz CT molecular complexity index is 1350. The number of carbonyl (C=O) groups excluding carboxylic acids is 2. The number of nitrogens with zero attached hydrogens (tertiary/aromatic N) is 2. The average molecular weight is 506 g/mol. The van der Waals surface area contributed by atoms with E-state index in [2.05, 4.69) is 5.32 Å². The quantitative estimate of drug-likeness (QED) is 0.477. The average Bonchev–Trinajstić information content (AvgIpc) is 3.25. The molecule has 0 aliphatic carbocycles. The first kappa shape index (κ1) is 25.4. The number of nitrogens with one attached hydrogen (secondary N) is 1. The third-order valence-electron chi connectivity index (χ3n) is 6.21. The van der Waals surface area contributed by atoms with Crippen molar-refractivity contribution in [2.24, 2.45) is 0 Å². The van der Waals surface area contributed by atoms with Crippen LogP contribution in [0.25, 0.3) is 0 Å². The van der Waals surface area contributed by atoms with Gasteiger partial charge < -0.3 is 10.2 Å². The fourth-order valence-corrected chi connectivity index (χ4v) is 5.66. The van der Waals surface area contributed by atoms with Crippen LogP contribution < -0.4 is 9.62 Å². The molecular formula is C28H31N3O4S. The Morgan fingerprint density at radius 2 is 1.67 bits per heavy atom.